The van der Waals surface area contributed by atoms with E-state index >= 15 is 0 Å². The minimum Gasteiger partial charge on any atom is -0.495 e. The molecular weight excluding hydrogens is 347 g/mol. The monoisotopic (exact) mass is 360 g/mol. The molecule has 0 saturated heterocycles. The van der Waals surface area contributed by atoms with Crippen molar-refractivity contribution in [3.8, 4) is 5.75 Å². The molecule has 0 unspecified atom stereocenters. The molecule has 0 spiro atoms. The molecule has 0 saturated carbocycles. The Morgan fingerprint density at radius 3 is 2.42 bits per heavy atom. The van der Waals surface area contributed by atoms with Crippen LogP contribution >= 0.6 is 23.2 Å². The first-order chi connectivity index (χ1) is 11.6. The van der Waals surface area contributed by atoms with Gasteiger partial charge >= 0.3 is 0 Å². The Bertz CT molecular complexity index is 840. The highest BCUT2D eigenvalue weighted by molar-refractivity contribution is 6.31. The molecule has 0 bridgehead atoms. The Balaban J connectivity index is 1.80. The number of methoxy groups -OCH3 is 1. The molecule has 3 aromatic rings. The molecule has 5 nitrogen and oxygen atoms in total. The maximum Gasteiger partial charge on any atom is 0.229 e. The van der Waals surface area contributed by atoms with Gasteiger partial charge in [-0.25, -0.2) is 4.98 Å². The van der Waals surface area contributed by atoms with E-state index in [1.54, 1.807) is 49.7 Å². The lowest BCUT2D eigenvalue weighted by Gasteiger charge is -2.11. The van der Waals surface area contributed by atoms with Crippen molar-refractivity contribution in [2.45, 2.75) is 0 Å². The molecule has 24 heavy (non-hydrogen) atoms. The smallest absolute Gasteiger partial charge is 0.229 e. The minimum atomic E-state index is 0.425. The first kappa shape index (κ1) is 16.4. The molecule has 3 rings (SSSR count). The fourth-order valence-corrected chi connectivity index (χ4v) is 2.37. The van der Waals surface area contributed by atoms with Crippen LogP contribution in [0.25, 0.3) is 0 Å². The number of nitrogens with zero attached hydrogens (tertiary/aromatic N) is 2. The van der Waals surface area contributed by atoms with Gasteiger partial charge in [0.05, 0.1) is 12.8 Å². The Morgan fingerprint density at radius 1 is 0.917 bits per heavy atom. The number of benzene rings is 2. The molecule has 2 aromatic carbocycles. The second-order valence-corrected chi connectivity index (χ2v) is 5.74. The van der Waals surface area contributed by atoms with Gasteiger partial charge in [-0.05, 0) is 48.5 Å². The van der Waals surface area contributed by atoms with Gasteiger partial charge in [-0.1, -0.05) is 23.2 Å². The van der Waals surface area contributed by atoms with Gasteiger partial charge in [0.1, 0.15) is 11.6 Å². The van der Waals surface area contributed by atoms with E-state index in [9.17, 15) is 0 Å². The summed E-state index contributed by atoms with van der Waals surface area (Å²) >= 11 is 11.9. The van der Waals surface area contributed by atoms with E-state index in [4.69, 9.17) is 27.9 Å². The van der Waals surface area contributed by atoms with Crippen molar-refractivity contribution >= 4 is 46.3 Å². The Labute approximate surface area is 149 Å². The molecule has 7 heteroatoms. The maximum atomic E-state index is 6.03. The van der Waals surface area contributed by atoms with Crippen LogP contribution in [0.4, 0.5) is 23.1 Å². The highest BCUT2D eigenvalue weighted by atomic mass is 35.5. The molecule has 0 atom stereocenters. The third kappa shape index (κ3) is 4.07. The second-order valence-electron chi connectivity index (χ2n) is 4.87. The Hall–Kier alpha value is -2.50. The zero-order valence-corrected chi connectivity index (χ0v) is 14.3. The lowest BCUT2D eigenvalue weighted by Crippen LogP contribution is -2.01. The quantitative estimate of drug-likeness (QED) is 0.648. The number of rotatable bonds is 5. The van der Waals surface area contributed by atoms with Crippen molar-refractivity contribution in [3.63, 3.8) is 0 Å². The van der Waals surface area contributed by atoms with Crippen LogP contribution in [0.15, 0.2) is 54.7 Å². The predicted octanol–water partition coefficient (Wildman–Crippen LogP) is 5.28. The van der Waals surface area contributed by atoms with Crippen LogP contribution < -0.4 is 15.4 Å². The van der Waals surface area contributed by atoms with E-state index in [1.807, 2.05) is 12.1 Å². The number of hydrogen-bond acceptors (Lipinski definition) is 5. The van der Waals surface area contributed by atoms with Gasteiger partial charge in [-0.15, -0.1) is 0 Å². The molecule has 1 heterocycles. The third-order valence-corrected chi connectivity index (χ3v) is 3.67. The highest BCUT2D eigenvalue weighted by Gasteiger charge is 2.07. The standard InChI is InChI=1S/C17H14Cl2N4O/c1-24-15-7-4-12(19)10-14(15)22-17-20-9-8-16(23-17)21-13-5-2-11(18)3-6-13/h2-10H,1H3,(H2,20,21,22,23). The molecule has 2 N–H and O–H groups in total. The number of aromatic nitrogens is 2. The van der Waals surface area contributed by atoms with Crippen LogP contribution in [-0.2, 0) is 0 Å². The Kier molecular flexibility index (Phi) is 5.03. The lowest BCUT2D eigenvalue weighted by molar-refractivity contribution is 0.417. The topological polar surface area (TPSA) is 59.1 Å². The zero-order chi connectivity index (χ0) is 16.9. The molecule has 0 aliphatic heterocycles. The number of nitrogens with one attached hydrogen (secondary N) is 2. The summed E-state index contributed by atoms with van der Waals surface area (Å²) in [5.74, 6) is 1.73. The molecular formula is C17H14Cl2N4O. The van der Waals surface area contributed by atoms with Crippen LogP contribution in [0, 0.1) is 0 Å². The summed E-state index contributed by atoms with van der Waals surface area (Å²) in [5.41, 5.74) is 1.57. The predicted molar refractivity (Wildman–Crippen MR) is 98.1 cm³/mol. The fourth-order valence-electron chi connectivity index (χ4n) is 2.07. The van der Waals surface area contributed by atoms with E-state index < -0.39 is 0 Å². The second kappa shape index (κ2) is 7.38. The Morgan fingerprint density at radius 2 is 1.67 bits per heavy atom. The van der Waals surface area contributed by atoms with Crippen molar-refractivity contribution in [2.24, 2.45) is 0 Å². The van der Waals surface area contributed by atoms with Crippen molar-refractivity contribution in [1.82, 2.24) is 9.97 Å². The van der Waals surface area contributed by atoms with E-state index in [0.29, 0.717) is 33.2 Å². The summed E-state index contributed by atoms with van der Waals surface area (Å²) in [6, 6.07) is 14.4. The number of hydrogen-bond donors (Lipinski definition) is 2. The minimum absolute atomic E-state index is 0.425. The first-order valence-electron chi connectivity index (χ1n) is 7.10. The van der Waals surface area contributed by atoms with Gasteiger partial charge in [-0.2, -0.15) is 4.98 Å². The number of anilines is 4. The lowest BCUT2D eigenvalue weighted by atomic mass is 10.3. The van der Waals surface area contributed by atoms with Gasteiger partial charge in [-0.3, -0.25) is 0 Å². The van der Waals surface area contributed by atoms with Gasteiger partial charge in [0.2, 0.25) is 5.95 Å². The third-order valence-electron chi connectivity index (χ3n) is 3.18. The average molecular weight is 361 g/mol. The summed E-state index contributed by atoms with van der Waals surface area (Å²) in [6.45, 7) is 0. The maximum absolute atomic E-state index is 6.03. The van der Waals surface area contributed by atoms with Crippen LogP contribution in [0.2, 0.25) is 10.0 Å². The van der Waals surface area contributed by atoms with Crippen LogP contribution in [-0.4, -0.2) is 17.1 Å². The van der Waals surface area contributed by atoms with E-state index in [1.165, 1.54) is 0 Å². The molecule has 0 radical (unpaired) electrons. The summed E-state index contributed by atoms with van der Waals surface area (Å²) in [6.07, 6.45) is 1.66. The van der Waals surface area contributed by atoms with E-state index in [-0.39, 0.29) is 0 Å². The summed E-state index contributed by atoms with van der Waals surface area (Å²) in [4.78, 5) is 8.64. The normalized spacial score (nSPS) is 10.3. The van der Waals surface area contributed by atoms with Gasteiger partial charge < -0.3 is 15.4 Å². The first-order valence-corrected chi connectivity index (χ1v) is 7.86. The molecule has 1 aromatic heterocycles. The average Bonchev–Trinajstić information content (AvgIpc) is 2.58. The molecule has 122 valence electrons. The van der Waals surface area contributed by atoms with E-state index in [2.05, 4.69) is 20.6 Å². The largest absolute Gasteiger partial charge is 0.495 e. The molecule has 0 amide bonds. The SMILES string of the molecule is COc1ccc(Cl)cc1Nc1nccc(Nc2ccc(Cl)cc2)n1. The summed E-state index contributed by atoms with van der Waals surface area (Å²) in [5, 5.41) is 7.57. The molecule has 0 fully saturated rings. The van der Waals surface area contributed by atoms with Gasteiger partial charge in [0, 0.05) is 21.9 Å². The molecule has 0 aliphatic carbocycles. The fraction of sp³-hybridized carbons (Fsp3) is 0.0588. The van der Waals surface area contributed by atoms with Crippen LogP contribution in [0.1, 0.15) is 0 Å². The summed E-state index contributed by atoms with van der Waals surface area (Å²) in [7, 11) is 1.59. The van der Waals surface area contributed by atoms with E-state index in [0.717, 1.165) is 5.69 Å². The van der Waals surface area contributed by atoms with Crippen LogP contribution in [0.3, 0.4) is 0 Å². The van der Waals surface area contributed by atoms with Crippen molar-refractivity contribution in [3.05, 3.63) is 64.8 Å². The summed E-state index contributed by atoms with van der Waals surface area (Å²) < 4.78 is 5.30. The van der Waals surface area contributed by atoms with Gasteiger partial charge in [0.15, 0.2) is 0 Å². The van der Waals surface area contributed by atoms with Crippen LogP contribution in [0.5, 0.6) is 5.75 Å². The van der Waals surface area contributed by atoms with Crippen molar-refractivity contribution in [1.29, 1.82) is 0 Å². The zero-order valence-electron chi connectivity index (χ0n) is 12.8. The highest BCUT2D eigenvalue weighted by Crippen LogP contribution is 2.29. The molecule has 0 aliphatic rings. The van der Waals surface area contributed by atoms with Crippen molar-refractivity contribution < 1.29 is 4.74 Å². The number of ether oxygens (including phenoxy) is 1. The van der Waals surface area contributed by atoms with Gasteiger partial charge in [0.25, 0.3) is 0 Å². The van der Waals surface area contributed by atoms with Crippen molar-refractivity contribution in [2.75, 3.05) is 17.7 Å². The number of halogens is 2.